The molecule has 6 nitrogen and oxygen atoms in total. The molecule has 0 spiro atoms. The van der Waals surface area contributed by atoms with Gasteiger partial charge < -0.3 is 14.8 Å². The molecule has 144 valence electrons. The van der Waals surface area contributed by atoms with Crippen LogP contribution in [0.1, 0.15) is 48.9 Å². The van der Waals surface area contributed by atoms with Crippen molar-refractivity contribution in [1.29, 1.82) is 0 Å². The van der Waals surface area contributed by atoms with Gasteiger partial charge in [0.25, 0.3) is 5.56 Å². The normalized spacial score (nSPS) is 15.5. The van der Waals surface area contributed by atoms with E-state index in [4.69, 9.17) is 9.72 Å². The average Bonchev–Trinajstić information content (AvgIpc) is 3.00. The van der Waals surface area contributed by atoms with E-state index in [1.165, 1.54) is 16.9 Å². The quantitative estimate of drug-likeness (QED) is 0.655. The van der Waals surface area contributed by atoms with Crippen molar-refractivity contribution in [3.63, 3.8) is 0 Å². The fourth-order valence-electron chi connectivity index (χ4n) is 3.59. The Hall–Kier alpha value is -1.28. The summed E-state index contributed by atoms with van der Waals surface area (Å²) in [6.07, 6.45) is 5.63. The molecule has 0 amide bonds. The van der Waals surface area contributed by atoms with Crippen molar-refractivity contribution in [3.8, 4) is 0 Å². The number of thiophene rings is 1. The maximum Gasteiger partial charge on any atom is 0.259 e. The van der Waals surface area contributed by atoms with Crippen LogP contribution in [0.15, 0.2) is 4.79 Å². The van der Waals surface area contributed by atoms with Crippen molar-refractivity contribution >= 4 is 21.6 Å². The molecule has 0 aliphatic heterocycles. The number of hydrogen-bond donors (Lipinski definition) is 2. The largest absolute Gasteiger partial charge is 0.392 e. The Balaban J connectivity index is 1.82. The molecule has 2 N–H and O–H groups in total. The van der Waals surface area contributed by atoms with Crippen molar-refractivity contribution in [2.24, 2.45) is 0 Å². The highest BCUT2D eigenvalue weighted by Gasteiger charge is 2.20. The highest BCUT2D eigenvalue weighted by atomic mass is 32.1. The number of fused-ring (bicyclic) bond motifs is 3. The number of rotatable bonds is 9. The molecule has 1 aliphatic rings. The van der Waals surface area contributed by atoms with Crippen molar-refractivity contribution in [2.75, 3.05) is 26.8 Å². The van der Waals surface area contributed by atoms with Gasteiger partial charge in [0.2, 0.25) is 0 Å². The average molecular weight is 380 g/mol. The Bertz CT molecular complexity index is 786. The second kappa shape index (κ2) is 9.08. The molecule has 7 heteroatoms. The minimum Gasteiger partial charge on any atom is -0.392 e. The van der Waals surface area contributed by atoms with Crippen LogP contribution in [0.3, 0.4) is 0 Å². The zero-order chi connectivity index (χ0) is 18.5. The first kappa shape index (κ1) is 19.5. The van der Waals surface area contributed by atoms with Crippen LogP contribution in [-0.2, 0) is 24.1 Å². The van der Waals surface area contributed by atoms with Crippen molar-refractivity contribution in [2.45, 2.75) is 58.1 Å². The molecule has 3 rings (SSSR count). The molecule has 0 aromatic carbocycles. The van der Waals surface area contributed by atoms with Gasteiger partial charge in [-0.15, -0.1) is 11.3 Å². The van der Waals surface area contributed by atoms with E-state index in [0.717, 1.165) is 42.4 Å². The lowest BCUT2D eigenvalue weighted by Gasteiger charge is -2.24. The van der Waals surface area contributed by atoms with E-state index >= 15 is 0 Å². The third-order valence-corrected chi connectivity index (χ3v) is 6.20. The molecule has 0 saturated heterocycles. The van der Waals surface area contributed by atoms with Gasteiger partial charge in [0.05, 0.1) is 18.0 Å². The van der Waals surface area contributed by atoms with Crippen LogP contribution in [0.2, 0.25) is 0 Å². The van der Waals surface area contributed by atoms with Crippen LogP contribution in [0.5, 0.6) is 0 Å². The maximum atomic E-state index is 12.7. The third kappa shape index (κ3) is 4.52. The number of aliphatic hydroxyl groups is 1. The Morgan fingerprint density at radius 2 is 2.19 bits per heavy atom. The predicted molar refractivity (Wildman–Crippen MR) is 105 cm³/mol. The minimum atomic E-state index is -0.373. The number of methoxy groups -OCH3 is 1. The molecule has 0 radical (unpaired) electrons. The Labute approximate surface area is 158 Å². The Morgan fingerprint density at radius 3 is 2.96 bits per heavy atom. The van der Waals surface area contributed by atoms with Crippen LogP contribution >= 0.6 is 11.3 Å². The molecule has 26 heavy (non-hydrogen) atoms. The molecule has 0 bridgehead atoms. The molecular weight excluding hydrogens is 350 g/mol. The van der Waals surface area contributed by atoms with Gasteiger partial charge in [-0.05, 0) is 44.1 Å². The van der Waals surface area contributed by atoms with Crippen molar-refractivity contribution < 1.29 is 9.84 Å². The highest BCUT2D eigenvalue weighted by molar-refractivity contribution is 7.18. The third-order valence-electron chi connectivity index (χ3n) is 5.01. The van der Waals surface area contributed by atoms with E-state index in [9.17, 15) is 9.90 Å². The second-order valence-electron chi connectivity index (χ2n) is 7.05. The summed E-state index contributed by atoms with van der Waals surface area (Å²) in [6.45, 7) is 4.56. The number of aromatic nitrogens is 2. The van der Waals surface area contributed by atoms with Crippen molar-refractivity contribution in [3.05, 3.63) is 26.6 Å². The van der Waals surface area contributed by atoms with Gasteiger partial charge in [-0.3, -0.25) is 9.69 Å². The van der Waals surface area contributed by atoms with Gasteiger partial charge in [-0.1, -0.05) is 6.92 Å². The monoisotopic (exact) mass is 379 g/mol. The van der Waals surface area contributed by atoms with Gasteiger partial charge in [0.1, 0.15) is 10.7 Å². The predicted octanol–water partition coefficient (Wildman–Crippen LogP) is 2.47. The van der Waals surface area contributed by atoms with Crippen LogP contribution in [0.25, 0.3) is 10.2 Å². The number of H-pyrrole nitrogens is 1. The lowest BCUT2D eigenvalue weighted by Crippen LogP contribution is -2.34. The topological polar surface area (TPSA) is 78.5 Å². The number of aromatic amines is 1. The molecule has 2 aromatic heterocycles. The summed E-state index contributed by atoms with van der Waals surface area (Å²) >= 11 is 1.68. The molecule has 1 aliphatic carbocycles. The van der Waals surface area contributed by atoms with E-state index in [-0.39, 0.29) is 11.7 Å². The van der Waals surface area contributed by atoms with E-state index in [1.54, 1.807) is 18.4 Å². The van der Waals surface area contributed by atoms with Crippen molar-refractivity contribution in [1.82, 2.24) is 14.9 Å². The lowest BCUT2D eigenvalue weighted by molar-refractivity contribution is 0.0954. The summed E-state index contributed by atoms with van der Waals surface area (Å²) in [4.78, 5) is 24.8. The summed E-state index contributed by atoms with van der Waals surface area (Å²) in [6, 6.07) is 0. The molecular formula is C19H29N3O3S. The van der Waals surface area contributed by atoms with Gasteiger partial charge in [-0.25, -0.2) is 4.98 Å². The van der Waals surface area contributed by atoms with E-state index in [1.807, 2.05) is 6.92 Å². The van der Waals surface area contributed by atoms with E-state index in [0.29, 0.717) is 31.9 Å². The summed E-state index contributed by atoms with van der Waals surface area (Å²) < 4.78 is 5.14. The minimum absolute atomic E-state index is 0.0164. The number of hydrogen-bond acceptors (Lipinski definition) is 6. The first-order valence-electron chi connectivity index (χ1n) is 9.55. The van der Waals surface area contributed by atoms with Gasteiger partial charge >= 0.3 is 0 Å². The number of nitrogens with one attached hydrogen (secondary N) is 1. The number of aryl methyl sites for hydroxylation is 2. The molecule has 0 saturated carbocycles. The molecule has 1 atom stereocenters. The number of ether oxygens (including phenoxy) is 1. The molecule has 2 heterocycles. The Kier molecular flexibility index (Phi) is 6.80. The first-order valence-corrected chi connectivity index (χ1v) is 10.4. The SMILES string of the molecule is CCC(O)CN(CCCOC)Cc1nc2sc3c(c2c(=O)[nH]1)CCCC3. The van der Waals surface area contributed by atoms with Crippen LogP contribution in [0, 0.1) is 0 Å². The second-order valence-corrected chi connectivity index (χ2v) is 8.13. The van der Waals surface area contributed by atoms with Gasteiger partial charge in [-0.2, -0.15) is 0 Å². The molecule has 1 unspecified atom stereocenters. The molecule has 0 fully saturated rings. The number of aliphatic hydroxyl groups excluding tert-OH is 1. The van der Waals surface area contributed by atoms with E-state index < -0.39 is 0 Å². The summed E-state index contributed by atoms with van der Waals surface area (Å²) in [5.41, 5.74) is 1.20. The summed E-state index contributed by atoms with van der Waals surface area (Å²) in [5, 5.41) is 10.8. The zero-order valence-corrected chi connectivity index (χ0v) is 16.5. The number of nitrogens with zero attached hydrogens (tertiary/aromatic N) is 2. The first-order chi connectivity index (χ1) is 12.6. The van der Waals surface area contributed by atoms with E-state index in [2.05, 4.69) is 9.88 Å². The van der Waals surface area contributed by atoms with Gasteiger partial charge in [0.15, 0.2) is 0 Å². The van der Waals surface area contributed by atoms with Gasteiger partial charge in [0, 0.05) is 31.7 Å². The Morgan fingerprint density at radius 1 is 1.38 bits per heavy atom. The highest BCUT2D eigenvalue weighted by Crippen LogP contribution is 2.33. The smallest absolute Gasteiger partial charge is 0.259 e. The maximum absolute atomic E-state index is 12.7. The lowest BCUT2D eigenvalue weighted by atomic mass is 9.97. The molecule has 2 aromatic rings. The summed E-state index contributed by atoms with van der Waals surface area (Å²) in [7, 11) is 1.69. The van der Waals surface area contributed by atoms with Crippen LogP contribution < -0.4 is 5.56 Å². The zero-order valence-electron chi connectivity index (χ0n) is 15.7. The van der Waals surface area contributed by atoms with Crippen LogP contribution in [0.4, 0.5) is 0 Å². The fourth-order valence-corrected chi connectivity index (χ4v) is 4.87. The standard InChI is InChI=1S/C19H29N3O3S/c1-3-13(23)11-22(9-6-10-25-2)12-16-20-18(24)17-14-7-4-5-8-15(14)26-19(17)21-16/h13,23H,3-12H2,1-2H3,(H,20,21,24). The summed E-state index contributed by atoms with van der Waals surface area (Å²) in [5.74, 6) is 0.682. The van der Waals surface area contributed by atoms with Crippen LogP contribution in [-0.4, -0.2) is 52.9 Å². The fraction of sp³-hybridized carbons (Fsp3) is 0.684.